The van der Waals surface area contributed by atoms with E-state index in [1.807, 2.05) is 35.2 Å². The molecule has 0 radical (unpaired) electrons. The highest BCUT2D eigenvalue weighted by Gasteiger charge is 2.25. The van der Waals surface area contributed by atoms with Gasteiger partial charge in [-0.3, -0.25) is 14.5 Å². The van der Waals surface area contributed by atoms with Crippen LogP contribution in [0.4, 0.5) is 0 Å². The maximum absolute atomic E-state index is 12.4. The average molecular weight is 395 g/mol. The van der Waals surface area contributed by atoms with Gasteiger partial charge in [0.25, 0.3) is 6.47 Å². The number of nitrogens with zero attached hydrogens (tertiary/aromatic N) is 2. The normalized spacial score (nSPS) is 18.7. The smallest absolute Gasteiger partial charge is 0.290 e. The molecule has 0 aromatic heterocycles. The Hall–Kier alpha value is -1.73. The van der Waals surface area contributed by atoms with Crippen molar-refractivity contribution in [2.24, 2.45) is 0 Å². The molecule has 0 unspecified atom stereocenters. The number of ether oxygens (including phenoxy) is 1. The van der Waals surface area contributed by atoms with Crippen LogP contribution < -0.4 is 4.74 Å². The molecule has 6 nitrogen and oxygen atoms in total. The maximum atomic E-state index is 12.4. The molecular formula is C20H30N2O4S. The number of para-hydroxylation sites is 1. The van der Waals surface area contributed by atoms with Crippen molar-refractivity contribution in [3.8, 4) is 5.75 Å². The summed E-state index contributed by atoms with van der Waals surface area (Å²) in [5.41, 5.74) is 0. The average Bonchev–Trinajstić information content (AvgIpc) is 2.96. The van der Waals surface area contributed by atoms with Gasteiger partial charge in [0.15, 0.2) is 0 Å². The highest BCUT2D eigenvalue weighted by atomic mass is 32.2. The van der Waals surface area contributed by atoms with Crippen molar-refractivity contribution < 1.29 is 19.4 Å². The predicted octanol–water partition coefficient (Wildman–Crippen LogP) is 2.59. The minimum absolute atomic E-state index is 0.229. The van der Waals surface area contributed by atoms with Crippen molar-refractivity contribution in [3.05, 3.63) is 30.3 Å². The highest BCUT2D eigenvalue weighted by Crippen LogP contribution is 2.22. The lowest BCUT2D eigenvalue weighted by atomic mass is 10.1. The van der Waals surface area contributed by atoms with Gasteiger partial charge in [-0.15, -0.1) is 0 Å². The monoisotopic (exact) mass is 394 g/mol. The molecule has 2 saturated heterocycles. The molecule has 1 N–H and O–H groups in total. The topological polar surface area (TPSA) is 70.1 Å². The lowest BCUT2D eigenvalue weighted by Crippen LogP contribution is -2.41. The summed E-state index contributed by atoms with van der Waals surface area (Å²) in [5, 5.41) is 6.89. The fourth-order valence-corrected chi connectivity index (χ4v) is 4.61. The van der Waals surface area contributed by atoms with Crippen LogP contribution in [0.3, 0.4) is 0 Å². The third-order valence-electron chi connectivity index (χ3n) is 4.92. The van der Waals surface area contributed by atoms with E-state index in [2.05, 4.69) is 16.7 Å². The first-order valence-electron chi connectivity index (χ1n) is 9.60. The molecule has 2 aliphatic heterocycles. The first kappa shape index (κ1) is 21.6. The van der Waals surface area contributed by atoms with E-state index in [0.29, 0.717) is 13.0 Å². The van der Waals surface area contributed by atoms with Gasteiger partial charge in [-0.05, 0) is 42.9 Å². The molecule has 7 heteroatoms. The van der Waals surface area contributed by atoms with E-state index in [4.69, 9.17) is 14.6 Å². The number of carbonyl (C=O) groups is 2. The minimum Gasteiger partial charge on any atom is -0.493 e. The van der Waals surface area contributed by atoms with Crippen molar-refractivity contribution in [1.29, 1.82) is 0 Å². The number of thioether (sulfide) groups is 1. The Morgan fingerprint density at radius 2 is 1.85 bits per heavy atom. The summed E-state index contributed by atoms with van der Waals surface area (Å²) in [4.78, 5) is 25.5. The third kappa shape index (κ3) is 7.81. The molecule has 27 heavy (non-hydrogen) atoms. The fourth-order valence-electron chi connectivity index (χ4n) is 3.53. The molecule has 150 valence electrons. The summed E-state index contributed by atoms with van der Waals surface area (Å²) in [6.07, 6.45) is 4.18. The van der Waals surface area contributed by atoms with Crippen LogP contribution in [-0.2, 0) is 9.59 Å². The van der Waals surface area contributed by atoms with E-state index in [0.717, 1.165) is 44.4 Å². The lowest BCUT2D eigenvalue weighted by molar-refractivity contribution is -0.131. The number of amides is 1. The maximum Gasteiger partial charge on any atom is 0.290 e. The van der Waals surface area contributed by atoms with Crippen molar-refractivity contribution in [3.63, 3.8) is 0 Å². The molecule has 0 saturated carbocycles. The summed E-state index contributed by atoms with van der Waals surface area (Å²) in [6, 6.07) is 10.5. The highest BCUT2D eigenvalue weighted by molar-refractivity contribution is 7.99. The minimum atomic E-state index is -0.250. The van der Waals surface area contributed by atoms with Crippen molar-refractivity contribution >= 4 is 24.1 Å². The number of carbonyl (C=O) groups excluding carboxylic acids is 1. The van der Waals surface area contributed by atoms with E-state index in [1.54, 1.807) is 0 Å². The zero-order chi connectivity index (χ0) is 19.3. The van der Waals surface area contributed by atoms with Gasteiger partial charge in [0.2, 0.25) is 5.91 Å². The van der Waals surface area contributed by atoms with E-state index >= 15 is 0 Å². The van der Waals surface area contributed by atoms with Crippen LogP contribution in [0.5, 0.6) is 5.75 Å². The van der Waals surface area contributed by atoms with Gasteiger partial charge in [0, 0.05) is 32.2 Å². The summed E-state index contributed by atoms with van der Waals surface area (Å²) in [7, 11) is 0. The number of benzene rings is 1. The quantitative estimate of drug-likeness (QED) is 0.774. The standard InChI is InChI=1S/C19H28N2O2S.CH2O2/c22-19(7-14-23-18-5-2-1-3-6-18)21-11-4-10-20(12-13-21)17-8-15-24-16-9-17;2-1-3/h1-3,5-6,17H,4,7-16H2;1H,(H,2,3). The van der Waals surface area contributed by atoms with Crippen LogP contribution in [-0.4, -0.2) is 77.6 Å². The van der Waals surface area contributed by atoms with Crippen molar-refractivity contribution in [2.75, 3.05) is 44.3 Å². The van der Waals surface area contributed by atoms with Crippen LogP contribution in [0.25, 0.3) is 0 Å². The first-order valence-corrected chi connectivity index (χ1v) is 10.8. The second-order valence-electron chi connectivity index (χ2n) is 6.63. The molecule has 1 amide bonds. The fraction of sp³-hybridized carbons (Fsp3) is 0.600. The van der Waals surface area contributed by atoms with Gasteiger partial charge < -0.3 is 14.7 Å². The zero-order valence-corrected chi connectivity index (χ0v) is 16.6. The Morgan fingerprint density at radius 1 is 1.15 bits per heavy atom. The number of hydrogen-bond acceptors (Lipinski definition) is 5. The Balaban J connectivity index is 0.000000817. The molecule has 1 aromatic rings. The van der Waals surface area contributed by atoms with Crippen molar-refractivity contribution in [1.82, 2.24) is 9.80 Å². The summed E-state index contributed by atoms with van der Waals surface area (Å²) in [5.74, 6) is 3.65. The van der Waals surface area contributed by atoms with Crippen LogP contribution in [0.15, 0.2) is 30.3 Å². The first-order chi connectivity index (χ1) is 13.2. The Kier molecular flexibility index (Phi) is 10.1. The number of rotatable bonds is 5. The molecule has 1 aromatic carbocycles. The van der Waals surface area contributed by atoms with Gasteiger partial charge in [-0.1, -0.05) is 18.2 Å². The summed E-state index contributed by atoms with van der Waals surface area (Å²) < 4.78 is 5.65. The lowest BCUT2D eigenvalue weighted by Gasteiger charge is -2.33. The van der Waals surface area contributed by atoms with E-state index in [1.165, 1.54) is 24.3 Å². The van der Waals surface area contributed by atoms with Crippen molar-refractivity contribution in [2.45, 2.75) is 31.7 Å². The molecule has 0 bridgehead atoms. The molecule has 0 atom stereocenters. The third-order valence-corrected chi connectivity index (χ3v) is 5.97. The van der Waals surface area contributed by atoms with Gasteiger partial charge >= 0.3 is 0 Å². The van der Waals surface area contributed by atoms with Gasteiger partial charge in [-0.2, -0.15) is 11.8 Å². The Morgan fingerprint density at radius 3 is 2.56 bits per heavy atom. The molecule has 2 heterocycles. The summed E-state index contributed by atoms with van der Waals surface area (Å²) in [6.45, 7) is 4.14. The van der Waals surface area contributed by atoms with Crippen LogP contribution >= 0.6 is 11.8 Å². The van der Waals surface area contributed by atoms with E-state index < -0.39 is 0 Å². The van der Waals surface area contributed by atoms with Gasteiger partial charge in [-0.25, -0.2) is 0 Å². The predicted molar refractivity (Wildman–Crippen MR) is 108 cm³/mol. The van der Waals surface area contributed by atoms with Crippen LogP contribution in [0.1, 0.15) is 25.7 Å². The van der Waals surface area contributed by atoms with Crippen LogP contribution in [0, 0.1) is 0 Å². The second-order valence-corrected chi connectivity index (χ2v) is 7.86. The number of carboxylic acid groups (broad SMARTS) is 1. The largest absolute Gasteiger partial charge is 0.493 e. The molecule has 2 aliphatic rings. The Labute approximate surface area is 165 Å². The summed E-state index contributed by atoms with van der Waals surface area (Å²) >= 11 is 2.08. The van der Waals surface area contributed by atoms with Crippen LogP contribution in [0.2, 0.25) is 0 Å². The molecule has 0 spiro atoms. The van der Waals surface area contributed by atoms with Gasteiger partial charge in [0.05, 0.1) is 13.0 Å². The van der Waals surface area contributed by atoms with E-state index in [9.17, 15) is 4.79 Å². The molecule has 3 rings (SSSR count). The van der Waals surface area contributed by atoms with Gasteiger partial charge in [0.1, 0.15) is 5.75 Å². The number of hydrogen-bond donors (Lipinski definition) is 1. The van der Waals surface area contributed by atoms with E-state index in [-0.39, 0.29) is 12.4 Å². The Bertz CT molecular complexity index is 552. The molecular weight excluding hydrogens is 364 g/mol. The molecule has 2 fully saturated rings. The molecule has 0 aliphatic carbocycles. The zero-order valence-electron chi connectivity index (χ0n) is 15.8. The second kappa shape index (κ2) is 12.6. The SMILES string of the molecule is O=C(CCOc1ccccc1)N1CCCN(C2CCSCC2)CC1.O=CO.